The molecule has 104 valence electrons. The fourth-order valence-electron chi connectivity index (χ4n) is 1.60. The Hall–Kier alpha value is -2.34. The highest BCUT2D eigenvalue weighted by Gasteiger charge is 2.19. The molecule has 0 heterocycles. The van der Waals surface area contributed by atoms with Crippen molar-refractivity contribution >= 4 is 23.2 Å². The van der Waals surface area contributed by atoms with Gasteiger partial charge in [-0.25, -0.2) is 8.78 Å². The number of rotatable bonds is 2. The summed E-state index contributed by atoms with van der Waals surface area (Å²) in [6.07, 6.45) is 0. The Bertz CT molecular complexity index is 648. The van der Waals surface area contributed by atoms with Gasteiger partial charge in [0, 0.05) is 6.07 Å². The van der Waals surface area contributed by atoms with E-state index >= 15 is 0 Å². The fourth-order valence-corrected chi connectivity index (χ4v) is 1.84. The average molecular weight is 300 g/mol. The van der Waals surface area contributed by atoms with Gasteiger partial charge in [-0.05, 0) is 18.2 Å². The van der Waals surface area contributed by atoms with Gasteiger partial charge in [-0.15, -0.1) is 0 Å². The molecule has 0 spiro atoms. The first-order chi connectivity index (χ1) is 9.40. The number of hydrogen-bond acceptors (Lipinski definition) is 3. The van der Waals surface area contributed by atoms with Crippen LogP contribution in [0.25, 0.3) is 0 Å². The molecule has 3 N–H and O–H groups in total. The van der Waals surface area contributed by atoms with Crippen molar-refractivity contribution in [2.24, 2.45) is 0 Å². The zero-order valence-corrected chi connectivity index (χ0v) is 10.6. The molecule has 0 saturated carbocycles. The van der Waals surface area contributed by atoms with Crippen molar-refractivity contribution in [3.63, 3.8) is 0 Å². The normalized spacial score (nSPS) is 10.3. The van der Waals surface area contributed by atoms with Gasteiger partial charge >= 0.3 is 0 Å². The number of phenols is 2. The molecule has 7 heteroatoms. The lowest BCUT2D eigenvalue weighted by molar-refractivity contribution is 0.102. The van der Waals surface area contributed by atoms with E-state index in [1.807, 2.05) is 0 Å². The Morgan fingerprint density at radius 3 is 2.30 bits per heavy atom. The monoisotopic (exact) mass is 299 g/mol. The predicted octanol–water partition coefficient (Wildman–Crippen LogP) is 3.28. The highest BCUT2D eigenvalue weighted by Crippen LogP contribution is 2.30. The quantitative estimate of drug-likeness (QED) is 0.797. The third-order valence-electron chi connectivity index (χ3n) is 2.49. The number of carbonyl (C=O) groups excluding carboxylic acids is 1. The molecule has 0 aromatic heterocycles. The predicted molar refractivity (Wildman–Crippen MR) is 69.1 cm³/mol. The number of aromatic hydroxyl groups is 2. The van der Waals surface area contributed by atoms with Gasteiger partial charge in [-0.3, -0.25) is 4.79 Å². The number of anilines is 1. The Morgan fingerprint density at radius 2 is 1.75 bits per heavy atom. The van der Waals surface area contributed by atoms with Gasteiger partial charge in [0.25, 0.3) is 5.91 Å². The molecule has 0 bridgehead atoms. The molecule has 4 nitrogen and oxygen atoms in total. The summed E-state index contributed by atoms with van der Waals surface area (Å²) in [7, 11) is 0. The zero-order valence-electron chi connectivity index (χ0n) is 9.82. The van der Waals surface area contributed by atoms with E-state index in [9.17, 15) is 23.8 Å². The summed E-state index contributed by atoms with van der Waals surface area (Å²) >= 11 is 5.63. The maximum absolute atomic E-state index is 13.5. The average Bonchev–Trinajstić information content (AvgIpc) is 2.33. The number of benzene rings is 2. The Labute approximate surface area is 117 Å². The number of hydrogen-bond donors (Lipinski definition) is 3. The van der Waals surface area contributed by atoms with Crippen LogP contribution in [0.2, 0.25) is 5.02 Å². The molecule has 0 aliphatic heterocycles. The van der Waals surface area contributed by atoms with Crippen LogP contribution in [0.5, 0.6) is 11.5 Å². The summed E-state index contributed by atoms with van der Waals surface area (Å²) in [6.45, 7) is 0. The van der Waals surface area contributed by atoms with Gasteiger partial charge in [0.15, 0.2) is 5.82 Å². The van der Waals surface area contributed by atoms with Gasteiger partial charge < -0.3 is 15.5 Å². The third-order valence-corrected chi connectivity index (χ3v) is 2.79. The largest absolute Gasteiger partial charge is 0.507 e. The lowest BCUT2D eigenvalue weighted by atomic mass is 10.1. The third kappa shape index (κ3) is 2.65. The highest BCUT2D eigenvalue weighted by atomic mass is 35.5. The second-order valence-electron chi connectivity index (χ2n) is 3.87. The van der Waals surface area contributed by atoms with E-state index in [4.69, 9.17) is 11.6 Å². The maximum atomic E-state index is 13.5. The molecule has 2 rings (SSSR count). The maximum Gasteiger partial charge on any atom is 0.263 e. The van der Waals surface area contributed by atoms with Crippen molar-refractivity contribution < 1.29 is 23.8 Å². The molecule has 0 unspecified atom stereocenters. The van der Waals surface area contributed by atoms with E-state index in [0.29, 0.717) is 6.07 Å². The van der Waals surface area contributed by atoms with Crippen molar-refractivity contribution in [3.05, 3.63) is 52.6 Å². The van der Waals surface area contributed by atoms with Crippen LogP contribution in [-0.2, 0) is 0 Å². The highest BCUT2D eigenvalue weighted by molar-refractivity contribution is 6.34. The first kappa shape index (κ1) is 14.1. The van der Waals surface area contributed by atoms with Crippen molar-refractivity contribution in [1.29, 1.82) is 0 Å². The van der Waals surface area contributed by atoms with Crippen LogP contribution in [0.1, 0.15) is 10.4 Å². The second kappa shape index (κ2) is 5.34. The number of carbonyl (C=O) groups is 1. The van der Waals surface area contributed by atoms with Crippen molar-refractivity contribution in [1.82, 2.24) is 0 Å². The van der Waals surface area contributed by atoms with Crippen molar-refractivity contribution in [2.75, 3.05) is 5.32 Å². The molecular formula is C13H8ClF2NO3. The summed E-state index contributed by atoms with van der Waals surface area (Å²) in [6, 6.07) is 5.05. The number of phenolic OH excluding ortho intramolecular Hbond substituents is 2. The SMILES string of the molecule is O=C(Nc1c(F)cc(F)cc1Cl)c1c(O)cccc1O. The zero-order chi connectivity index (χ0) is 14.9. The van der Waals surface area contributed by atoms with Crippen LogP contribution in [0.3, 0.4) is 0 Å². The molecule has 2 aromatic carbocycles. The number of nitrogens with one attached hydrogen (secondary N) is 1. The lowest BCUT2D eigenvalue weighted by Crippen LogP contribution is -2.14. The van der Waals surface area contributed by atoms with E-state index in [2.05, 4.69) is 5.32 Å². The standard InChI is InChI=1S/C13H8ClF2NO3/c14-7-4-6(15)5-8(16)12(7)17-13(20)11-9(18)2-1-3-10(11)19/h1-5,18-19H,(H,17,20). The number of halogens is 3. The van der Waals surface area contributed by atoms with Crippen LogP contribution in [-0.4, -0.2) is 16.1 Å². The molecule has 0 aliphatic rings. The fraction of sp³-hybridized carbons (Fsp3) is 0. The topological polar surface area (TPSA) is 69.6 Å². The molecule has 1 amide bonds. The molecule has 0 aliphatic carbocycles. The molecule has 0 fully saturated rings. The smallest absolute Gasteiger partial charge is 0.263 e. The van der Waals surface area contributed by atoms with Gasteiger partial charge in [-0.2, -0.15) is 0 Å². The summed E-state index contributed by atoms with van der Waals surface area (Å²) in [5, 5.41) is 20.8. The molecule has 2 aromatic rings. The minimum absolute atomic E-state index is 0.342. The first-order valence-corrected chi connectivity index (χ1v) is 5.74. The minimum atomic E-state index is -1.07. The van der Waals surface area contributed by atoms with Crippen LogP contribution in [0.15, 0.2) is 30.3 Å². The Balaban J connectivity index is 2.38. The van der Waals surface area contributed by atoms with Gasteiger partial charge in [0.05, 0.1) is 10.7 Å². The van der Waals surface area contributed by atoms with E-state index in [0.717, 1.165) is 6.07 Å². The molecule has 0 atom stereocenters. The molecular weight excluding hydrogens is 292 g/mol. The Kier molecular flexibility index (Phi) is 3.76. The van der Waals surface area contributed by atoms with Crippen molar-refractivity contribution in [3.8, 4) is 11.5 Å². The van der Waals surface area contributed by atoms with E-state index in [1.54, 1.807) is 0 Å². The minimum Gasteiger partial charge on any atom is -0.507 e. The van der Waals surface area contributed by atoms with Gasteiger partial charge in [0.2, 0.25) is 0 Å². The Morgan fingerprint density at radius 1 is 1.15 bits per heavy atom. The van der Waals surface area contributed by atoms with Gasteiger partial charge in [0.1, 0.15) is 22.9 Å². The summed E-state index contributed by atoms with van der Waals surface area (Å²) in [5.41, 5.74) is -0.881. The summed E-state index contributed by atoms with van der Waals surface area (Å²) in [4.78, 5) is 11.9. The summed E-state index contributed by atoms with van der Waals surface area (Å²) in [5.74, 6) is -3.91. The van der Waals surface area contributed by atoms with Crippen LogP contribution < -0.4 is 5.32 Å². The molecule has 0 saturated heterocycles. The van der Waals surface area contributed by atoms with E-state index < -0.39 is 40.3 Å². The molecule has 20 heavy (non-hydrogen) atoms. The lowest BCUT2D eigenvalue weighted by Gasteiger charge is -2.10. The first-order valence-electron chi connectivity index (χ1n) is 5.37. The van der Waals surface area contributed by atoms with E-state index in [1.165, 1.54) is 18.2 Å². The molecule has 0 radical (unpaired) electrons. The van der Waals surface area contributed by atoms with Gasteiger partial charge in [-0.1, -0.05) is 17.7 Å². The van der Waals surface area contributed by atoms with E-state index in [-0.39, 0.29) is 5.02 Å². The van der Waals surface area contributed by atoms with Crippen LogP contribution in [0, 0.1) is 11.6 Å². The van der Waals surface area contributed by atoms with Crippen LogP contribution >= 0.6 is 11.6 Å². The number of amides is 1. The van der Waals surface area contributed by atoms with Crippen molar-refractivity contribution in [2.45, 2.75) is 0 Å². The second-order valence-corrected chi connectivity index (χ2v) is 4.28. The summed E-state index contributed by atoms with van der Waals surface area (Å²) < 4.78 is 26.4. The van der Waals surface area contributed by atoms with Crippen LogP contribution in [0.4, 0.5) is 14.5 Å².